The predicted octanol–water partition coefficient (Wildman–Crippen LogP) is 1.53. The summed E-state index contributed by atoms with van der Waals surface area (Å²) in [6, 6.07) is 24.9. The lowest BCUT2D eigenvalue weighted by molar-refractivity contribution is -0.141. The number of hydrogen-bond donors (Lipinski definition) is 12. The van der Waals surface area contributed by atoms with Crippen molar-refractivity contribution in [2.45, 2.75) is 106 Å². The molecule has 9 atom stereocenters. The van der Waals surface area contributed by atoms with Gasteiger partial charge in [-0.1, -0.05) is 137 Å². The molecular weight excluding hydrogens is 1040 g/mol. The zero-order valence-electron chi connectivity index (χ0n) is 43.0. The number of benzene rings is 5. The quantitative estimate of drug-likeness (QED) is 0.0554. The average molecular weight is 1110 g/mol. The van der Waals surface area contributed by atoms with Gasteiger partial charge in [0.25, 0.3) is 0 Å². The highest BCUT2D eigenvalue weighted by Gasteiger charge is 2.36. The fourth-order valence-corrected chi connectivity index (χ4v) is 10.8. The van der Waals surface area contributed by atoms with Gasteiger partial charge in [-0.15, -0.1) is 0 Å². The van der Waals surface area contributed by atoms with E-state index in [-0.39, 0.29) is 55.9 Å². The monoisotopic (exact) mass is 1110 g/mol. The van der Waals surface area contributed by atoms with Crippen LogP contribution in [0.1, 0.15) is 48.4 Å². The van der Waals surface area contributed by atoms with Gasteiger partial charge in [0.2, 0.25) is 41.4 Å². The summed E-state index contributed by atoms with van der Waals surface area (Å²) in [5, 5.41) is 51.8. The first-order chi connectivity index (χ1) is 37.5. The lowest BCUT2D eigenvalue weighted by Crippen LogP contribution is -2.62. The summed E-state index contributed by atoms with van der Waals surface area (Å²) < 4.78 is 0. The normalized spacial score (nSPS) is 23.3. The number of unbranched alkanes of at least 4 members (excludes halogenated alkanes) is 1. The maximum atomic E-state index is 14.9. The van der Waals surface area contributed by atoms with Crippen LogP contribution >= 0.6 is 21.6 Å². The Balaban J connectivity index is 1.40. The molecular formula is C56H67N9O11S2. The fourth-order valence-electron chi connectivity index (χ4n) is 8.54. The largest absolute Gasteiger partial charge is 0.508 e. The number of aliphatic carboxylic acids is 1. The minimum Gasteiger partial charge on any atom is -0.508 e. The summed E-state index contributed by atoms with van der Waals surface area (Å²) in [5.74, 6) is -7.71. The van der Waals surface area contributed by atoms with Crippen LogP contribution in [-0.2, 0) is 64.0 Å². The number of fused-ring (bicyclic) bond motifs is 1. The van der Waals surface area contributed by atoms with Crippen LogP contribution in [0.3, 0.4) is 0 Å². The van der Waals surface area contributed by atoms with Crippen LogP contribution in [0.5, 0.6) is 5.75 Å². The number of phenolic OH excluding ortho intramolecular Hbond substituents is 1. The second-order valence-electron chi connectivity index (χ2n) is 19.0. The summed E-state index contributed by atoms with van der Waals surface area (Å²) in [5.41, 5.74) is 14.6. The van der Waals surface area contributed by atoms with E-state index in [0.29, 0.717) is 35.1 Å². The minimum atomic E-state index is -1.71. The van der Waals surface area contributed by atoms with Gasteiger partial charge in [-0.25, -0.2) is 4.79 Å². The van der Waals surface area contributed by atoms with E-state index in [1.54, 1.807) is 78.9 Å². The van der Waals surface area contributed by atoms with Crippen molar-refractivity contribution in [2.75, 3.05) is 18.1 Å². The van der Waals surface area contributed by atoms with Crippen molar-refractivity contribution in [3.63, 3.8) is 0 Å². The van der Waals surface area contributed by atoms with Gasteiger partial charge in [0.1, 0.15) is 48.0 Å². The second-order valence-corrected chi connectivity index (χ2v) is 21.6. The lowest BCUT2D eigenvalue weighted by atomic mass is 9.99. The highest BCUT2D eigenvalue weighted by molar-refractivity contribution is 8.76. The third-order valence-electron chi connectivity index (χ3n) is 12.9. The molecule has 0 saturated carbocycles. The number of aromatic hydroxyl groups is 1. The van der Waals surface area contributed by atoms with Crippen LogP contribution in [0.15, 0.2) is 127 Å². The molecule has 0 aromatic heterocycles. The van der Waals surface area contributed by atoms with Crippen molar-refractivity contribution in [1.82, 2.24) is 37.2 Å². The van der Waals surface area contributed by atoms with E-state index in [1.165, 1.54) is 19.1 Å². The van der Waals surface area contributed by atoms with E-state index in [2.05, 4.69) is 37.2 Å². The number of aliphatic hydroxyl groups is 1. The van der Waals surface area contributed by atoms with Crippen LogP contribution in [0, 0.1) is 0 Å². The van der Waals surface area contributed by atoms with E-state index >= 15 is 0 Å². The molecule has 1 saturated heterocycles. The first kappa shape index (κ1) is 59.7. The Morgan fingerprint density at radius 2 is 0.962 bits per heavy atom. The zero-order valence-corrected chi connectivity index (χ0v) is 44.6. The molecule has 0 radical (unpaired) electrons. The summed E-state index contributed by atoms with van der Waals surface area (Å²) in [6.07, 6.45) is -1.27. The van der Waals surface area contributed by atoms with Crippen molar-refractivity contribution < 1.29 is 53.7 Å². The number of phenols is 1. The Kier molecular flexibility index (Phi) is 22.9. The third-order valence-corrected chi connectivity index (χ3v) is 15.3. The molecule has 0 bridgehead atoms. The molecule has 0 aliphatic carbocycles. The highest BCUT2D eigenvalue weighted by atomic mass is 33.1. The van der Waals surface area contributed by atoms with Gasteiger partial charge < -0.3 is 64.0 Å². The number of carbonyl (C=O) groups excluding carboxylic acids is 7. The molecule has 1 fully saturated rings. The zero-order chi connectivity index (χ0) is 56.1. The molecule has 1 aliphatic heterocycles. The molecule has 0 unspecified atom stereocenters. The van der Waals surface area contributed by atoms with Gasteiger partial charge >= 0.3 is 5.97 Å². The van der Waals surface area contributed by atoms with Crippen molar-refractivity contribution in [2.24, 2.45) is 11.5 Å². The Labute approximate surface area is 459 Å². The van der Waals surface area contributed by atoms with Crippen molar-refractivity contribution in [3.8, 4) is 5.75 Å². The number of nitrogens with two attached hydrogens (primary N) is 2. The minimum absolute atomic E-state index is 0.0107. The molecule has 14 N–H and O–H groups in total. The molecule has 78 heavy (non-hydrogen) atoms. The van der Waals surface area contributed by atoms with Crippen LogP contribution < -0.4 is 48.7 Å². The molecule has 414 valence electrons. The molecule has 1 heterocycles. The Hall–Kier alpha value is -7.50. The van der Waals surface area contributed by atoms with E-state index in [4.69, 9.17) is 11.5 Å². The van der Waals surface area contributed by atoms with Crippen molar-refractivity contribution >= 4 is 79.7 Å². The molecule has 1 aliphatic rings. The SMILES string of the molecule is C[C@@H](O)[C@@H]1NC(=O)[C@H](CCCCN)NC(=O)[C@@H](Cc2ccc3ccccc3c2)NC(=O)[C@H](Cc2ccc(O)cc2)NC(=O)[C@H](Cc2ccccc2)NC(=O)[C@H](N)CSSC[C@@H](C(=O)O)NC(=O)[C@H](Cc2ccccc2)NC1=O. The van der Waals surface area contributed by atoms with Gasteiger partial charge in [-0.05, 0) is 77.9 Å². The number of aliphatic hydroxyl groups excluding tert-OH is 1. The summed E-state index contributed by atoms with van der Waals surface area (Å²) in [6.45, 7) is 1.48. The smallest absolute Gasteiger partial charge is 0.327 e. The number of hydrogen-bond acceptors (Lipinski definition) is 14. The van der Waals surface area contributed by atoms with Crippen LogP contribution in [-0.4, -0.2) is 135 Å². The molecule has 5 aromatic rings. The van der Waals surface area contributed by atoms with E-state index in [9.17, 15) is 53.7 Å². The van der Waals surface area contributed by atoms with Crippen LogP contribution in [0.2, 0.25) is 0 Å². The molecule has 6 rings (SSSR count). The number of nitrogens with one attached hydrogen (secondary N) is 7. The number of amides is 7. The third kappa shape index (κ3) is 18.3. The second kappa shape index (κ2) is 29.9. The Morgan fingerprint density at radius 3 is 1.50 bits per heavy atom. The van der Waals surface area contributed by atoms with Crippen LogP contribution in [0.25, 0.3) is 10.8 Å². The van der Waals surface area contributed by atoms with Gasteiger partial charge in [0, 0.05) is 37.2 Å². The van der Waals surface area contributed by atoms with Crippen LogP contribution in [0.4, 0.5) is 0 Å². The maximum absolute atomic E-state index is 14.9. The fraction of sp³-hybridized carbons (Fsp3) is 0.357. The number of carboxylic acid groups (broad SMARTS) is 1. The van der Waals surface area contributed by atoms with E-state index < -0.39 is 102 Å². The van der Waals surface area contributed by atoms with Gasteiger partial charge in [-0.3, -0.25) is 33.6 Å². The first-order valence-electron chi connectivity index (χ1n) is 25.5. The summed E-state index contributed by atoms with van der Waals surface area (Å²) in [7, 11) is 2.04. The average Bonchev–Trinajstić information content (AvgIpc) is 3.43. The molecule has 22 heteroatoms. The molecule has 7 amide bonds. The van der Waals surface area contributed by atoms with Gasteiger partial charge in [-0.2, -0.15) is 0 Å². The van der Waals surface area contributed by atoms with E-state index in [1.807, 2.05) is 36.4 Å². The number of carbonyl (C=O) groups is 8. The van der Waals surface area contributed by atoms with Crippen molar-refractivity contribution in [1.29, 1.82) is 0 Å². The molecule has 20 nitrogen and oxygen atoms in total. The summed E-state index contributed by atoms with van der Waals surface area (Å²) >= 11 is 0. The van der Waals surface area contributed by atoms with Gasteiger partial charge in [0.15, 0.2) is 0 Å². The molecule has 0 spiro atoms. The molecule has 5 aromatic carbocycles. The topological polar surface area (TPSA) is 333 Å². The van der Waals surface area contributed by atoms with Gasteiger partial charge in [0.05, 0.1) is 12.1 Å². The summed E-state index contributed by atoms with van der Waals surface area (Å²) in [4.78, 5) is 113. The standard InChI is InChI=1S/C56H67N9O11S2/c1-33(66)48-55(74)63-45(28-35-14-6-3-7-15-35)54(73)64-47(56(75)76)32-78-77-31-41(58)49(68)60-43(27-34-12-4-2-5-13-34)52(71)61-44(29-36-20-23-40(67)24-21-36)53(72)62-46(30-37-19-22-38-16-8-9-17-39(38)26-37)51(70)59-42(50(69)65-48)18-10-11-25-57/h2-9,12-17,19-24,26,33,41-48,66-67H,10-11,18,25,27-32,57-58H2,1H3,(H,59,70)(H,60,68)(H,61,71)(H,62,72)(H,63,74)(H,64,73)(H,65,69)(H,75,76)/t33-,41-,42+,43+,44+,45+,46-,47+,48+/m1/s1. The van der Waals surface area contributed by atoms with Crippen molar-refractivity contribution in [3.05, 3.63) is 150 Å². The predicted molar refractivity (Wildman–Crippen MR) is 298 cm³/mol. The maximum Gasteiger partial charge on any atom is 0.327 e. The Bertz CT molecular complexity index is 2850. The highest BCUT2D eigenvalue weighted by Crippen LogP contribution is 2.24. The number of rotatable bonds is 14. The number of carboxylic acids is 1. The first-order valence-corrected chi connectivity index (χ1v) is 28.0. The Morgan fingerprint density at radius 1 is 0.526 bits per heavy atom. The lowest BCUT2D eigenvalue weighted by Gasteiger charge is -2.29. The van der Waals surface area contributed by atoms with E-state index in [0.717, 1.165) is 32.4 Å².